The maximum absolute atomic E-state index is 12.9. The SMILES string of the molecule is Cc1ccc(-c2nc(COn3nnc4ccc(S(=O)(=O)N5CCOCC5)cc43)cs2)o1. The number of furan rings is 1. The maximum atomic E-state index is 12.9. The molecule has 0 amide bonds. The molecule has 0 atom stereocenters. The number of rotatable bonds is 6. The third kappa shape index (κ3) is 3.94. The zero-order valence-electron chi connectivity index (χ0n) is 16.6. The molecule has 162 valence electrons. The highest BCUT2D eigenvalue weighted by molar-refractivity contribution is 7.89. The topological polar surface area (TPSA) is 113 Å². The molecule has 31 heavy (non-hydrogen) atoms. The third-order valence-electron chi connectivity index (χ3n) is 4.83. The van der Waals surface area contributed by atoms with E-state index in [2.05, 4.69) is 15.3 Å². The average Bonchev–Trinajstić information content (AvgIpc) is 3.52. The van der Waals surface area contributed by atoms with Gasteiger partial charge in [-0.2, -0.15) is 4.31 Å². The predicted molar refractivity (Wildman–Crippen MR) is 112 cm³/mol. The van der Waals surface area contributed by atoms with E-state index >= 15 is 0 Å². The van der Waals surface area contributed by atoms with Crippen LogP contribution in [0.15, 0.2) is 45.0 Å². The summed E-state index contributed by atoms with van der Waals surface area (Å²) >= 11 is 1.45. The number of benzene rings is 1. The molecule has 0 bridgehead atoms. The van der Waals surface area contributed by atoms with E-state index in [9.17, 15) is 8.42 Å². The van der Waals surface area contributed by atoms with E-state index in [0.29, 0.717) is 48.8 Å². The molecule has 0 unspecified atom stereocenters. The second-order valence-electron chi connectivity index (χ2n) is 6.96. The Balaban J connectivity index is 1.36. The van der Waals surface area contributed by atoms with Crippen molar-refractivity contribution >= 4 is 32.4 Å². The van der Waals surface area contributed by atoms with Crippen LogP contribution in [-0.2, 0) is 21.4 Å². The first-order chi connectivity index (χ1) is 15.0. The molecular formula is C19H19N5O5S2. The zero-order valence-corrected chi connectivity index (χ0v) is 18.2. The Kier molecular flexibility index (Phi) is 5.22. The van der Waals surface area contributed by atoms with Crippen molar-refractivity contribution in [2.24, 2.45) is 0 Å². The number of aromatic nitrogens is 4. The molecule has 4 heterocycles. The normalized spacial score (nSPS) is 15.5. The highest BCUT2D eigenvalue weighted by Crippen LogP contribution is 2.26. The van der Waals surface area contributed by atoms with Gasteiger partial charge in [-0.1, -0.05) is 4.85 Å². The summed E-state index contributed by atoms with van der Waals surface area (Å²) < 4.78 is 38.2. The molecule has 12 heteroatoms. The fraction of sp³-hybridized carbons (Fsp3) is 0.316. The first-order valence-electron chi connectivity index (χ1n) is 9.58. The molecule has 1 fully saturated rings. The number of nitrogens with zero attached hydrogens (tertiary/aromatic N) is 5. The quantitative estimate of drug-likeness (QED) is 0.429. The Bertz CT molecular complexity index is 1320. The van der Waals surface area contributed by atoms with Gasteiger partial charge in [0.25, 0.3) is 0 Å². The Morgan fingerprint density at radius 2 is 2.03 bits per heavy atom. The van der Waals surface area contributed by atoms with Crippen molar-refractivity contribution < 1.29 is 22.4 Å². The Morgan fingerprint density at radius 1 is 1.19 bits per heavy atom. The van der Waals surface area contributed by atoms with Crippen LogP contribution in [0.1, 0.15) is 11.5 Å². The third-order valence-corrected chi connectivity index (χ3v) is 7.63. The molecule has 1 aliphatic heterocycles. The summed E-state index contributed by atoms with van der Waals surface area (Å²) in [6.07, 6.45) is 0. The van der Waals surface area contributed by atoms with Gasteiger partial charge in [0.05, 0.1) is 23.8 Å². The van der Waals surface area contributed by atoms with Gasteiger partial charge in [-0.15, -0.1) is 16.4 Å². The van der Waals surface area contributed by atoms with Gasteiger partial charge in [0.2, 0.25) is 10.0 Å². The Morgan fingerprint density at radius 3 is 2.81 bits per heavy atom. The molecule has 10 nitrogen and oxygen atoms in total. The number of hydrogen-bond donors (Lipinski definition) is 0. The molecule has 1 aliphatic rings. The van der Waals surface area contributed by atoms with Crippen molar-refractivity contribution in [3.05, 3.63) is 47.2 Å². The fourth-order valence-corrected chi connectivity index (χ4v) is 5.43. The van der Waals surface area contributed by atoms with Crippen LogP contribution >= 0.6 is 11.3 Å². The van der Waals surface area contributed by atoms with Crippen LogP contribution in [0.3, 0.4) is 0 Å². The van der Waals surface area contributed by atoms with Crippen LogP contribution in [0, 0.1) is 6.92 Å². The number of fused-ring (bicyclic) bond motifs is 1. The van der Waals surface area contributed by atoms with Crippen LogP contribution in [0.5, 0.6) is 0 Å². The summed E-state index contributed by atoms with van der Waals surface area (Å²) in [5.41, 5.74) is 1.70. The minimum atomic E-state index is -3.63. The molecule has 5 rings (SSSR count). The summed E-state index contributed by atoms with van der Waals surface area (Å²) in [5, 5.41) is 10.7. The lowest BCUT2D eigenvalue weighted by atomic mass is 10.3. The predicted octanol–water partition coefficient (Wildman–Crippen LogP) is 2.11. The molecule has 3 aromatic heterocycles. The summed E-state index contributed by atoms with van der Waals surface area (Å²) in [7, 11) is -3.63. The van der Waals surface area contributed by atoms with E-state index in [0.717, 1.165) is 10.8 Å². The summed E-state index contributed by atoms with van der Waals surface area (Å²) in [5.74, 6) is 1.53. The van der Waals surface area contributed by atoms with Crippen molar-refractivity contribution in [1.82, 2.24) is 24.4 Å². The molecule has 1 aromatic carbocycles. The highest BCUT2D eigenvalue weighted by Gasteiger charge is 2.27. The number of hydrogen-bond acceptors (Lipinski definition) is 9. The molecule has 0 saturated carbocycles. The van der Waals surface area contributed by atoms with Crippen molar-refractivity contribution in [3.8, 4) is 10.8 Å². The van der Waals surface area contributed by atoms with E-state index in [-0.39, 0.29) is 11.5 Å². The standard InChI is InChI=1S/C19H19N5O5S2/c1-13-2-5-18(29-13)19-20-14(12-30-19)11-28-24-17-10-15(3-4-16(17)21-22-24)31(25,26)23-6-8-27-9-7-23/h2-5,10,12H,6-9,11H2,1H3. The minimum Gasteiger partial charge on any atom is -0.459 e. The van der Waals surface area contributed by atoms with Gasteiger partial charge in [-0.05, 0) is 42.5 Å². The molecule has 4 aromatic rings. The lowest BCUT2D eigenvalue weighted by molar-refractivity contribution is 0.0726. The molecule has 0 aliphatic carbocycles. The van der Waals surface area contributed by atoms with Crippen LogP contribution in [0.25, 0.3) is 21.8 Å². The number of aryl methyl sites for hydroxylation is 1. The maximum Gasteiger partial charge on any atom is 0.243 e. The van der Waals surface area contributed by atoms with Crippen LogP contribution in [0.2, 0.25) is 0 Å². The molecule has 1 saturated heterocycles. The van der Waals surface area contributed by atoms with Crippen LogP contribution < -0.4 is 4.84 Å². The average molecular weight is 462 g/mol. The van der Waals surface area contributed by atoms with Crippen molar-refractivity contribution in [3.63, 3.8) is 0 Å². The molecule has 0 N–H and O–H groups in total. The van der Waals surface area contributed by atoms with Gasteiger partial charge >= 0.3 is 0 Å². The van der Waals surface area contributed by atoms with Gasteiger partial charge in [0.15, 0.2) is 17.4 Å². The summed E-state index contributed by atoms with van der Waals surface area (Å²) in [4.78, 5) is 11.6. The van der Waals surface area contributed by atoms with E-state index in [1.54, 1.807) is 6.07 Å². The number of sulfonamides is 1. The van der Waals surface area contributed by atoms with E-state index in [1.165, 1.54) is 32.6 Å². The van der Waals surface area contributed by atoms with Gasteiger partial charge in [-0.25, -0.2) is 13.4 Å². The zero-order chi connectivity index (χ0) is 21.4. The molecule has 0 spiro atoms. The highest BCUT2D eigenvalue weighted by atomic mass is 32.2. The lowest BCUT2D eigenvalue weighted by Crippen LogP contribution is -2.40. The molecule has 0 radical (unpaired) electrons. The van der Waals surface area contributed by atoms with Crippen molar-refractivity contribution in [1.29, 1.82) is 0 Å². The number of ether oxygens (including phenoxy) is 1. The van der Waals surface area contributed by atoms with Gasteiger partial charge in [0.1, 0.15) is 16.8 Å². The Labute approximate surface area is 182 Å². The fourth-order valence-electron chi connectivity index (χ4n) is 3.23. The number of morpholine rings is 1. The van der Waals surface area contributed by atoms with Crippen molar-refractivity contribution in [2.45, 2.75) is 18.4 Å². The monoisotopic (exact) mass is 461 g/mol. The van der Waals surface area contributed by atoms with Crippen LogP contribution in [-0.4, -0.2) is 59.2 Å². The molecular weight excluding hydrogens is 442 g/mol. The second-order valence-corrected chi connectivity index (χ2v) is 9.75. The first-order valence-corrected chi connectivity index (χ1v) is 11.9. The number of thiazole rings is 1. The summed E-state index contributed by atoms with van der Waals surface area (Å²) in [6, 6.07) is 8.44. The van der Waals surface area contributed by atoms with Crippen molar-refractivity contribution in [2.75, 3.05) is 26.3 Å². The minimum absolute atomic E-state index is 0.148. The smallest absolute Gasteiger partial charge is 0.243 e. The largest absolute Gasteiger partial charge is 0.459 e. The van der Waals surface area contributed by atoms with Gasteiger partial charge in [0, 0.05) is 18.5 Å². The van der Waals surface area contributed by atoms with E-state index < -0.39 is 10.0 Å². The van der Waals surface area contributed by atoms with E-state index in [1.807, 2.05) is 24.4 Å². The summed E-state index contributed by atoms with van der Waals surface area (Å²) in [6.45, 7) is 3.46. The second kappa shape index (κ2) is 8.04. The van der Waals surface area contributed by atoms with Gasteiger partial charge in [-0.3, -0.25) is 0 Å². The Hall–Kier alpha value is -2.80. The van der Waals surface area contributed by atoms with Gasteiger partial charge < -0.3 is 14.0 Å². The van der Waals surface area contributed by atoms with E-state index in [4.69, 9.17) is 14.0 Å². The first kappa shape index (κ1) is 20.1. The lowest BCUT2D eigenvalue weighted by Gasteiger charge is -2.26. The van der Waals surface area contributed by atoms with Crippen LogP contribution in [0.4, 0.5) is 0 Å².